The smallest absolute Gasteiger partial charge is 0.225 e. The first-order valence-corrected chi connectivity index (χ1v) is 5.87. The highest BCUT2D eigenvalue weighted by Crippen LogP contribution is 2.09. The molecule has 1 aromatic rings. The second kappa shape index (κ2) is 4.88. The zero-order chi connectivity index (χ0) is 9.80. The van der Waals surface area contributed by atoms with Crippen LogP contribution in [0.25, 0.3) is 0 Å². The molecule has 5 heteroatoms. The zero-order valence-corrected chi connectivity index (χ0v) is 10.1. The average molecular weight is 304 g/mol. The van der Waals surface area contributed by atoms with Crippen molar-refractivity contribution in [2.45, 2.75) is 6.42 Å². The first-order valence-electron chi connectivity index (χ1n) is 4.79. The predicted octanol–water partition coefficient (Wildman–Crippen LogP) is 0.881. The van der Waals surface area contributed by atoms with E-state index in [9.17, 15) is 0 Å². The van der Waals surface area contributed by atoms with Crippen LogP contribution in [-0.2, 0) is 0 Å². The molecular weight excluding hydrogens is 291 g/mol. The van der Waals surface area contributed by atoms with Crippen LogP contribution < -0.4 is 10.2 Å². The third-order valence-electron chi connectivity index (χ3n) is 2.23. The molecule has 0 atom stereocenters. The van der Waals surface area contributed by atoms with Gasteiger partial charge < -0.3 is 10.2 Å². The van der Waals surface area contributed by atoms with Gasteiger partial charge in [0.25, 0.3) is 0 Å². The second-order valence-electron chi connectivity index (χ2n) is 3.29. The maximum Gasteiger partial charge on any atom is 0.225 e. The fraction of sp³-hybridized carbons (Fsp3) is 0.556. The molecule has 0 amide bonds. The van der Waals surface area contributed by atoms with Crippen LogP contribution in [0.4, 0.5) is 5.95 Å². The highest BCUT2D eigenvalue weighted by molar-refractivity contribution is 14.1. The maximum atomic E-state index is 4.32. The van der Waals surface area contributed by atoms with Crippen molar-refractivity contribution in [2.24, 2.45) is 0 Å². The molecule has 1 aliphatic heterocycles. The van der Waals surface area contributed by atoms with Gasteiger partial charge in [-0.05, 0) is 35.6 Å². The van der Waals surface area contributed by atoms with Crippen molar-refractivity contribution in [3.63, 3.8) is 0 Å². The fourth-order valence-electron chi connectivity index (χ4n) is 1.51. The Morgan fingerprint density at radius 1 is 1.21 bits per heavy atom. The molecule has 0 aromatic carbocycles. The molecule has 1 aromatic heterocycles. The van der Waals surface area contributed by atoms with Gasteiger partial charge in [-0.3, -0.25) is 0 Å². The molecular formula is C9H13IN4. The lowest BCUT2D eigenvalue weighted by Crippen LogP contribution is -2.29. The van der Waals surface area contributed by atoms with E-state index >= 15 is 0 Å². The molecule has 4 nitrogen and oxygen atoms in total. The monoisotopic (exact) mass is 304 g/mol. The molecule has 0 unspecified atom stereocenters. The first-order chi connectivity index (χ1) is 6.86. The first kappa shape index (κ1) is 10.1. The molecule has 0 spiro atoms. The van der Waals surface area contributed by atoms with Crippen LogP contribution >= 0.6 is 22.6 Å². The van der Waals surface area contributed by atoms with Crippen molar-refractivity contribution in [3.8, 4) is 0 Å². The molecule has 1 saturated heterocycles. The van der Waals surface area contributed by atoms with Crippen molar-refractivity contribution in [2.75, 3.05) is 31.1 Å². The number of nitrogens with zero attached hydrogens (tertiary/aromatic N) is 3. The molecule has 2 heterocycles. The molecule has 76 valence electrons. The van der Waals surface area contributed by atoms with Gasteiger partial charge in [-0.2, -0.15) is 0 Å². The summed E-state index contributed by atoms with van der Waals surface area (Å²) in [5.74, 6) is 0.856. The van der Waals surface area contributed by atoms with Crippen LogP contribution in [0, 0.1) is 3.57 Å². The average Bonchev–Trinajstić information content (AvgIpc) is 2.47. The molecule has 2 rings (SSSR count). The third-order valence-corrected chi connectivity index (χ3v) is 2.79. The lowest BCUT2D eigenvalue weighted by molar-refractivity contribution is 0.724. The van der Waals surface area contributed by atoms with Gasteiger partial charge in [-0.15, -0.1) is 0 Å². The summed E-state index contributed by atoms with van der Waals surface area (Å²) in [7, 11) is 0. The Hall–Kier alpha value is -0.430. The van der Waals surface area contributed by atoms with Crippen molar-refractivity contribution in [3.05, 3.63) is 16.0 Å². The Kier molecular flexibility index (Phi) is 3.52. The molecule has 1 aliphatic rings. The SMILES string of the molecule is Ic1cnc(N2CCCNCC2)nc1. The van der Waals surface area contributed by atoms with E-state index in [4.69, 9.17) is 0 Å². The minimum Gasteiger partial charge on any atom is -0.340 e. The van der Waals surface area contributed by atoms with E-state index in [0.29, 0.717) is 0 Å². The van der Waals surface area contributed by atoms with E-state index in [2.05, 4.69) is 42.8 Å². The zero-order valence-electron chi connectivity index (χ0n) is 7.91. The van der Waals surface area contributed by atoms with E-state index in [1.54, 1.807) is 0 Å². The fourth-order valence-corrected chi connectivity index (χ4v) is 1.79. The largest absolute Gasteiger partial charge is 0.340 e. The van der Waals surface area contributed by atoms with Gasteiger partial charge in [0.15, 0.2) is 0 Å². The minimum atomic E-state index is 0.856. The van der Waals surface area contributed by atoms with Crippen LogP contribution in [0.5, 0.6) is 0 Å². The molecule has 1 N–H and O–H groups in total. The quantitative estimate of drug-likeness (QED) is 0.782. The normalized spacial score (nSPS) is 17.9. The summed E-state index contributed by atoms with van der Waals surface area (Å²) in [6, 6.07) is 0. The Labute approximate surface area is 97.3 Å². The maximum absolute atomic E-state index is 4.32. The summed E-state index contributed by atoms with van der Waals surface area (Å²) in [6.45, 7) is 4.17. The number of halogens is 1. The van der Waals surface area contributed by atoms with Gasteiger partial charge in [-0.25, -0.2) is 9.97 Å². The third kappa shape index (κ3) is 2.54. The van der Waals surface area contributed by atoms with E-state index < -0.39 is 0 Å². The predicted molar refractivity (Wildman–Crippen MR) is 64.4 cm³/mol. The molecule has 1 fully saturated rings. The molecule has 0 aliphatic carbocycles. The summed E-state index contributed by atoms with van der Waals surface area (Å²) in [4.78, 5) is 10.9. The van der Waals surface area contributed by atoms with Crippen LogP contribution in [0.15, 0.2) is 12.4 Å². The molecule has 0 radical (unpaired) electrons. The van der Waals surface area contributed by atoms with Crippen LogP contribution in [-0.4, -0.2) is 36.1 Å². The summed E-state index contributed by atoms with van der Waals surface area (Å²) in [5.41, 5.74) is 0. The highest BCUT2D eigenvalue weighted by Gasteiger charge is 2.10. The van der Waals surface area contributed by atoms with Crippen LogP contribution in [0.1, 0.15) is 6.42 Å². The van der Waals surface area contributed by atoms with Gasteiger partial charge in [0.05, 0.1) is 0 Å². The van der Waals surface area contributed by atoms with Crippen molar-refractivity contribution in [1.29, 1.82) is 0 Å². The summed E-state index contributed by atoms with van der Waals surface area (Å²) >= 11 is 2.22. The van der Waals surface area contributed by atoms with Crippen molar-refractivity contribution >= 4 is 28.5 Å². The van der Waals surface area contributed by atoms with Crippen LogP contribution in [0.2, 0.25) is 0 Å². The van der Waals surface area contributed by atoms with Crippen LogP contribution in [0.3, 0.4) is 0 Å². The molecule has 14 heavy (non-hydrogen) atoms. The number of anilines is 1. The summed E-state index contributed by atoms with van der Waals surface area (Å²) in [5, 5.41) is 3.36. The molecule has 0 bridgehead atoms. The van der Waals surface area contributed by atoms with Crippen molar-refractivity contribution in [1.82, 2.24) is 15.3 Å². The Morgan fingerprint density at radius 2 is 2.00 bits per heavy atom. The van der Waals surface area contributed by atoms with Gasteiger partial charge in [0.2, 0.25) is 5.95 Å². The standard InChI is InChI=1S/C9H13IN4/c10-8-6-12-9(13-7-8)14-4-1-2-11-3-5-14/h6-7,11H,1-5H2. The number of aromatic nitrogens is 2. The Bertz CT molecular complexity index is 279. The number of hydrogen-bond acceptors (Lipinski definition) is 4. The number of nitrogens with one attached hydrogen (secondary N) is 1. The van der Waals surface area contributed by atoms with Crippen molar-refractivity contribution < 1.29 is 0 Å². The lowest BCUT2D eigenvalue weighted by atomic mass is 10.4. The Morgan fingerprint density at radius 3 is 2.79 bits per heavy atom. The van der Waals surface area contributed by atoms with Gasteiger partial charge >= 0.3 is 0 Å². The van der Waals surface area contributed by atoms with Gasteiger partial charge in [0.1, 0.15) is 0 Å². The van der Waals surface area contributed by atoms with Gasteiger partial charge in [0, 0.05) is 35.6 Å². The van der Waals surface area contributed by atoms with E-state index in [1.807, 2.05) is 12.4 Å². The second-order valence-corrected chi connectivity index (χ2v) is 4.54. The highest BCUT2D eigenvalue weighted by atomic mass is 127. The lowest BCUT2D eigenvalue weighted by Gasteiger charge is -2.19. The van der Waals surface area contributed by atoms with E-state index in [1.165, 1.54) is 0 Å². The Balaban J connectivity index is 2.08. The van der Waals surface area contributed by atoms with Gasteiger partial charge in [-0.1, -0.05) is 0 Å². The summed E-state index contributed by atoms with van der Waals surface area (Å²) < 4.78 is 1.08. The summed E-state index contributed by atoms with van der Waals surface area (Å²) in [6.07, 6.45) is 4.89. The number of hydrogen-bond donors (Lipinski definition) is 1. The number of rotatable bonds is 1. The minimum absolute atomic E-state index is 0.856. The topological polar surface area (TPSA) is 41.1 Å². The van der Waals surface area contributed by atoms with E-state index in [0.717, 1.165) is 42.1 Å². The molecule has 0 saturated carbocycles. The van der Waals surface area contributed by atoms with E-state index in [-0.39, 0.29) is 0 Å².